The van der Waals surface area contributed by atoms with Crippen molar-refractivity contribution in [3.8, 4) is 11.1 Å². The van der Waals surface area contributed by atoms with Crippen LogP contribution in [0.2, 0.25) is 0 Å². The van der Waals surface area contributed by atoms with Crippen LogP contribution in [0.15, 0.2) is 113 Å². The second-order valence-electron chi connectivity index (χ2n) is 9.41. The van der Waals surface area contributed by atoms with Gasteiger partial charge < -0.3 is 0 Å². The molecular weight excluding hydrogens is 518 g/mol. The van der Waals surface area contributed by atoms with E-state index in [1.807, 2.05) is 65.7 Å². The van der Waals surface area contributed by atoms with Crippen molar-refractivity contribution in [2.75, 3.05) is 21.2 Å². The quantitative estimate of drug-likeness (QED) is 0.307. The Bertz CT molecular complexity index is 1750. The lowest BCUT2D eigenvalue weighted by atomic mass is 10.1. The maximum absolute atomic E-state index is 13.0. The monoisotopic (exact) mass is 543 g/mol. The number of sulfone groups is 1. The second kappa shape index (κ2) is 9.41. The molecule has 2 aliphatic rings. The molecule has 1 N–H and O–H groups in total. The molecule has 6 rings (SSSR count). The Kier molecular flexibility index (Phi) is 6.04. The molecule has 4 aromatic carbocycles. The van der Waals surface area contributed by atoms with E-state index < -0.39 is 19.9 Å². The standard InChI is InChI=1S/C29H25N3O4S2/c33-37(34)18-17-23(20-37)32(22-9-3-1-4-10-22)30-29-27-14-8-7-13-25(27)26-16-15-21(19-28(26)29)31-38(35,36)24-11-5-2-6-12-24/h1-16,19,23,31H,17-18,20H2/b30-29+. The fourth-order valence-corrected chi connectivity index (χ4v) is 7.80. The summed E-state index contributed by atoms with van der Waals surface area (Å²) >= 11 is 0. The summed E-state index contributed by atoms with van der Waals surface area (Å²) in [6, 6.07) is 30.8. The van der Waals surface area contributed by atoms with Gasteiger partial charge in [-0.2, -0.15) is 5.10 Å². The van der Waals surface area contributed by atoms with Gasteiger partial charge in [0.05, 0.1) is 33.8 Å². The molecule has 7 nitrogen and oxygen atoms in total. The molecule has 38 heavy (non-hydrogen) atoms. The lowest BCUT2D eigenvalue weighted by Crippen LogP contribution is -2.33. The smallest absolute Gasteiger partial charge is 0.261 e. The molecule has 4 aromatic rings. The van der Waals surface area contributed by atoms with Gasteiger partial charge in [0.1, 0.15) is 0 Å². The molecule has 9 heteroatoms. The first kappa shape index (κ1) is 24.4. The molecule has 1 heterocycles. The Hall–Kier alpha value is -3.95. The van der Waals surface area contributed by atoms with Gasteiger partial charge in [-0.1, -0.05) is 66.7 Å². The van der Waals surface area contributed by atoms with Crippen LogP contribution >= 0.6 is 0 Å². The number of nitrogens with zero attached hydrogens (tertiary/aromatic N) is 2. The Balaban J connectivity index is 1.46. The van der Waals surface area contributed by atoms with E-state index in [0.717, 1.165) is 27.9 Å². The van der Waals surface area contributed by atoms with Crippen LogP contribution in [0.5, 0.6) is 0 Å². The van der Waals surface area contributed by atoms with Crippen molar-refractivity contribution < 1.29 is 16.8 Å². The Morgan fingerprint density at radius 2 is 1.39 bits per heavy atom. The van der Waals surface area contributed by atoms with E-state index in [2.05, 4.69) is 4.72 Å². The average molecular weight is 544 g/mol. The molecule has 1 aliphatic heterocycles. The molecule has 0 saturated carbocycles. The zero-order valence-corrected chi connectivity index (χ0v) is 22.0. The molecule has 0 amide bonds. The summed E-state index contributed by atoms with van der Waals surface area (Å²) in [7, 11) is -6.92. The summed E-state index contributed by atoms with van der Waals surface area (Å²) < 4.78 is 53.4. The summed E-state index contributed by atoms with van der Waals surface area (Å²) in [4.78, 5) is 0.176. The zero-order chi connectivity index (χ0) is 26.3. The Morgan fingerprint density at radius 1 is 0.763 bits per heavy atom. The van der Waals surface area contributed by atoms with Gasteiger partial charge in [-0.05, 0) is 53.9 Å². The number of anilines is 2. The van der Waals surface area contributed by atoms with Crippen molar-refractivity contribution >= 4 is 36.9 Å². The number of nitrogens with one attached hydrogen (secondary N) is 1. The number of rotatable bonds is 6. The number of sulfonamides is 1. The van der Waals surface area contributed by atoms with E-state index in [1.54, 1.807) is 42.5 Å². The highest BCUT2D eigenvalue weighted by molar-refractivity contribution is 7.92. The highest BCUT2D eigenvalue weighted by Crippen LogP contribution is 2.39. The van der Waals surface area contributed by atoms with Gasteiger partial charge in [-0.3, -0.25) is 9.73 Å². The summed E-state index contributed by atoms with van der Waals surface area (Å²) in [6.07, 6.45) is 0.486. The molecule has 0 bridgehead atoms. The number of hydrogen-bond acceptors (Lipinski definition) is 6. The van der Waals surface area contributed by atoms with Crippen molar-refractivity contribution in [1.82, 2.24) is 0 Å². The van der Waals surface area contributed by atoms with Gasteiger partial charge in [0.15, 0.2) is 9.84 Å². The second-order valence-corrected chi connectivity index (χ2v) is 13.3. The van der Waals surface area contributed by atoms with Crippen LogP contribution in [0.3, 0.4) is 0 Å². The van der Waals surface area contributed by atoms with E-state index in [9.17, 15) is 16.8 Å². The minimum absolute atomic E-state index is 0.0318. The number of fused-ring (bicyclic) bond motifs is 3. The van der Waals surface area contributed by atoms with Gasteiger partial charge in [-0.25, -0.2) is 16.8 Å². The van der Waals surface area contributed by atoms with Gasteiger partial charge >= 0.3 is 0 Å². The predicted octanol–water partition coefficient (Wildman–Crippen LogP) is 4.91. The first-order chi connectivity index (χ1) is 18.3. The van der Waals surface area contributed by atoms with E-state index in [0.29, 0.717) is 17.8 Å². The van der Waals surface area contributed by atoms with Crippen molar-refractivity contribution in [3.05, 3.63) is 114 Å². The molecule has 1 fully saturated rings. The van der Waals surface area contributed by atoms with E-state index in [4.69, 9.17) is 5.10 Å². The maximum Gasteiger partial charge on any atom is 0.261 e. The van der Waals surface area contributed by atoms with Gasteiger partial charge in [0, 0.05) is 16.8 Å². The van der Waals surface area contributed by atoms with Gasteiger partial charge in [0.25, 0.3) is 10.0 Å². The van der Waals surface area contributed by atoms with Crippen LogP contribution in [-0.4, -0.2) is 40.1 Å². The lowest BCUT2D eigenvalue weighted by molar-refractivity contribution is 0.599. The third-order valence-electron chi connectivity index (χ3n) is 6.84. The van der Waals surface area contributed by atoms with Crippen LogP contribution in [-0.2, 0) is 19.9 Å². The van der Waals surface area contributed by atoms with Gasteiger partial charge in [-0.15, -0.1) is 0 Å². The van der Waals surface area contributed by atoms with Crippen LogP contribution in [0.4, 0.5) is 11.4 Å². The van der Waals surface area contributed by atoms with Crippen molar-refractivity contribution in [3.63, 3.8) is 0 Å². The third-order valence-corrected chi connectivity index (χ3v) is 9.98. The summed E-state index contributed by atoms with van der Waals surface area (Å²) in [5.41, 5.74) is 5.51. The molecule has 1 unspecified atom stereocenters. The fraction of sp³-hybridized carbons (Fsp3) is 0.138. The SMILES string of the molecule is O=S1(=O)CCC(N(/N=C2\c3ccccc3-c3ccc(NS(=O)(=O)c4ccccc4)cc32)c2ccccc2)C1. The van der Waals surface area contributed by atoms with Crippen LogP contribution in [0, 0.1) is 0 Å². The Morgan fingerprint density at radius 3 is 2.08 bits per heavy atom. The van der Waals surface area contributed by atoms with E-state index in [1.165, 1.54) is 0 Å². The first-order valence-corrected chi connectivity index (χ1v) is 15.6. The largest absolute Gasteiger partial charge is 0.280 e. The fourth-order valence-electron chi connectivity index (χ4n) is 5.04. The predicted molar refractivity (Wildman–Crippen MR) is 151 cm³/mol. The summed E-state index contributed by atoms with van der Waals surface area (Å²) in [5.74, 6) is 0.161. The molecular formula is C29H25N3O4S2. The molecule has 1 aliphatic carbocycles. The molecule has 0 aromatic heterocycles. The highest BCUT2D eigenvalue weighted by Gasteiger charge is 2.34. The normalized spacial score (nSPS) is 18.6. The van der Waals surface area contributed by atoms with Crippen LogP contribution in [0.25, 0.3) is 11.1 Å². The summed E-state index contributed by atoms with van der Waals surface area (Å²) in [5, 5.41) is 6.89. The number of benzene rings is 4. The van der Waals surface area contributed by atoms with Crippen LogP contribution in [0.1, 0.15) is 17.5 Å². The van der Waals surface area contributed by atoms with Crippen molar-refractivity contribution in [2.24, 2.45) is 5.10 Å². The first-order valence-electron chi connectivity index (χ1n) is 12.3. The number of hydrazone groups is 1. The molecule has 0 spiro atoms. The maximum atomic E-state index is 13.0. The highest BCUT2D eigenvalue weighted by atomic mass is 32.2. The third kappa shape index (κ3) is 4.59. The summed E-state index contributed by atoms with van der Waals surface area (Å²) in [6.45, 7) is 0. The molecule has 0 radical (unpaired) electrons. The average Bonchev–Trinajstić information content (AvgIpc) is 3.44. The minimum Gasteiger partial charge on any atom is -0.280 e. The number of hydrogen-bond donors (Lipinski definition) is 1. The van der Waals surface area contributed by atoms with E-state index in [-0.39, 0.29) is 22.4 Å². The Labute approximate surface area is 222 Å². The number of para-hydroxylation sites is 1. The van der Waals surface area contributed by atoms with Crippen molar-refractivity contribution in [1.29, 1.82) is 0 Å². The van der Waals surface area contributed by atoms with E-state index >= 15 is 0 Å². The molecule has 192 valence electrons. The lowest BCUT2D eigenvalue weighted by Gasteiger charge is -2.26. The van der Waals surface area contributed by atoms with Crippen molar-refractivity contribution in [2.45, 2.75) is 17.4 Å². The molecule has 1 atom stereocenters. The van der Waals surface area contributed by atoms with Gasteiger partial charge in [0.2, 0.25) is 0 Å². The minimum atomic E-state index is -3.77. The molecule has 1 saturated heterocycles. The zero-order valence-electron chi connectivity index (χ0n) is 20.4. The van der Waals surface area contributed by atoms with Crippen LogP contribution < -0.4 is 9.73 Å². The topological polar surface area (TPSA) is 95.9 Å².